The SMILES string of the molecule is COc1cc(C=NNC(=O)CSCc2ccc(Cl)cc2)ccc1O. The van der Waals surface area contributed by atoms with Gasteiger partial charge in [-0.3, -0.25) is 4.79 Å². The quantitative estimate of drug-likeness (QED) is 0.583. The summed E-state index contributed by atoms with van der Waals surface area (Å²) in [7, 11) is 1.47. The van der Waals surface area contributed by atoms with E-state index in [0.29, 0.717) is 22.1 Å². The highest BCUT2D eigenvalue weighted by molar-refractivity contribution is 7.99. The van der Waals surface area contributed by atoms with E-state index in [9.17, 15) is 9.90 Å². The van der Waals surface area contributed by atoms with Gasteiger partial charge in [0.15, 0.2) is 11.5 Å². The van der Waals surface area contributed by atoms with Gasteiger partial charge in [-0.05, 0) is 41.5 Å². The van der Waals surface area contributed by atoms with Crippen molar-refractivity contribution in [2.75, 3.05) is 12.9 Å². The molecule has 0 saturated carbocycles. The van der Waals surface area contributed by atoms with Crippen LogP contribution in [0.3, 0.4) is 0 Å². The second-order valence-corrected chi connectivity index (χ2v) is 6.27. The molecule has 0 unspecified atom stereocenters. The number of hydrazone groups is 1. The number of methoxy groups -OCH3 is 1. The smallest absolute Gasteiger partial charge is 0.250 e. The number of phenolic OH excluding ortho intramolecular Hbond substituents is 1. The van der Waals surface area contributed by atoms with Crippen molar-refractivity contribution in [3.63, 3.8) is 0 Å². The van der Waals surface area contributed by atoms with E-state index in [0.717, 1.165) is 11.3 Å². The Hall–Kier alpha value is -2.18. The summed E-state index contributed by atoms with van der Waals surface area (Å²) in [6.07, 6.45) is 1.49. The minimum atomic E-state index is -0.184. The second-order valence-electron chi connectivity index (χ2n) is 4.84. The lowest BCUT2D eigenvalue weighted by atomic mass is 10.2. The van der Waals surface area contributed by atoms with Crippen molar-refractivity contribution in [2.45, 2.75) is 5.75 Å². The topological polar surface area (TPSA) is 70.9 Å². The van der Waals surface area contributed by atoms with Crippen molar-refractivity contribution >= 4 is 35.5 Å². The van der Waals surface area contributed by atoms with Crippen LogP contribution in [-0.2, 0) is 10.5 Å². The first-order chi connectivity index (χ1) is 11.6. The van der Waals surface area contributed by atoms with Crippen LogP contribution in [0.25, 0.3) is 0 Å². The molecule has 0 atom stereocenters. The average molecular weight is 365 g/mol. The van der Waals surface area contributed by atoms with E-state index < -0.39 is 0 Å². The molecule has 2 rings (SSSR count). The van der Waals surface area contributed by atoms with Gasteiger partial charge in [-0.2, -0.15) is 5.10 Å². The van der Waals surface area contributed by atoms with Crippen LogP contribution in [0.1, 0.15) is 11.1 Å². The number of nitrogens with one attached hydrogen (secondary N) is 1. The van der Waals surface area contributed by atoms with Gasteiger partial charge in [-0.15, -0.1) is 11.8 Å². The molecule has 0 heterocycles. The van der Waals surface area contributed by atoms with Crippen LogP contribution >= 0.6 is 23.4 Å². The molecule has 126 valence electrons. The van der Waals surface area contributed by atoms with E-state index in [4.69, 9.17) is 16.3 Å². The largest absolute Gasteiger partial charge is 0.504 e. The number of halogens is 1. The predicted octanol–water partition coefficient (Wildman–Crippen LogP) is 3.44. The number of hydrogen-bond acceptors (Lipinski definition) is 5. The van der Waals surface area contributed by atoms with Crippen molar-refractivity contribution in [3.8, 4) is 11.5 Å². The maximum Gasteiger partial charge on any atom is 0.250 e. The van der Waals surface area contributed by atoms with Gasteiger partial charge in [0, 0.05) is 10.8 Å². The van der Waals surface area contributed by atoms with E-state index in [2.05, 4.69) is 10.5 Å². The standard InChI is InChI=1S/C17H17ClN2O3S/c1-23-16-8-13(4-7-15(16)21)9-19-20-17(22)11-24-10-12-2-5-14(18)6-3-12/h2-9,21H,10-11H2,1H3,(H,20,22). The molecule has 0 radical (unpaired) electrons. The minimum absolute atomic E-state index is 0.0530. The van der Waals surface area contributed by atoms with E-state index >= 15 is 0 Å². The number of benzene rings is 2. The van der Waals surface area contributed by atoms with Crippen LogP contribution in [0.2, 0.25) is 5.02 Å². The molecule has 7 heteroatoms. The molecule has 1 amide bonds. The van der Waals surface area contributed by atoms with Gasteiger partial charge >= 0.3 is 0 Å². The Morgan fingerprint density at radius 3 is 2.79 bits per heavy atom. The molecular weight excluding hydrogens is 348 g/mol. The number of carbonyl (C=O) groups excluding carboxylic acids is 1. The fourth-order valence-electron chi connectivity index (χ4n) is 1.83. The normalized spacial score (nSPS) is 10.8. The first-order valence-electron chi connectivity index (χ1n) is 7.09. The Labute approximate surface area is 149 Å². The Morgan fingerprint density at radius 2 is 2.08 bits per heavy atom. The Balaban J connectivity index is 1.75. The van der Waals surface area contributed by atoms with Crippen molar-refractivity contribution in [3.05, 3.63) is 58.6 Å². The highest BCUT2D eigenvalue weighted by atomic mass is 35.5. The van der Waals surface area contributed by atoms with E-state index in [1.807, 2.05) is 24.3 Å². The number of aromatic hydroxyl groups is 1. The number of hydrogen-bond donors (Lipinski definition) is 2. The molecule has 0 fully saturated rings. The van der Waals surface area contributed by atoms with Gasteiger partial charge in [0.05, 0.1) is 19.1 Å². The van der Waals surface area contributed by atoms with Gasteiger partial charge in [0.25, 0.3) is 0 Å². The third-order valence-electron chi connectivity index (χ3n) is 3.02. The summed E-state index contributed by atoms with van der Waals surface area (Å²) in [6.45, 7) is 0. The molecule has 5 nitrogen and oxygen atoms in total. The number of thioether (sulfide) groups is 1. The zero-order valence-electron chi connectivity index (χ0n) is 13.0. The van der Waals surface area contributed by atoms with Gasteiger partial charge < -0.3 is 9.84 Å². The van der Waals surface area contributed by atoms with Crippen molar-refractivity contribution in [2.24, 2.45) is 5.10 Å². The van der Waals surface area contributed by atoms with E-state index in [1.54, 1.807) is 12.1 Å². The van der Waals surface area contributed by atoms with Crippen LogP contribution in [0.15, 0.2) is 47.6 Å². The second kappa shape index (κ2) is 9.20. The average Bonchev–Trinajstić information content (AvgIpc) is 2.58. The molecular formula is C17H17ClN2O3S. The lowest BCUT2D eigenvalue weighted by Gasteiger charge is -2.04. The van der Waals surface area contributed by atoms with Crippen molar-refractivity contribution in [1.29, 1.82) is 0 Å². The zero-order valence-corrected chi connectivity index (χ0v) is 14.6. The zero-order chi connectivity index (χ0) is 17.4. The van der Waals surface area contributed by atoms with Crippen LogP contribution in [-0.4, -0.2) is 30.1 Å². The van der Waals surface area contributed by atoms with Crippen LogP contribution in [0.5, 0.6) is 11.5 Å². The molecule has 2 aromatic carbocycles. The molecule has 24 heavy (non-hydrogen) atoms. The number of phenols is 1. The highest BCUT2D eigenvalue weighted by Gasteiger charge is 2.02. The monoisotopic (exact) mass is 364 g/mol. The molecule has 0 aliphatic carbocycles. The maximum atomic E-state index is 11.7. The van der Waals surface area contributed by atoms with Crippen LogP contribution in [0, 0.1) is 0 Å². The van der Waals surface area contributed by atoms with E-state index in [1.165, 1.54) is 31.2 Å². The molecule has 2 N–H and O–H groups in total. The summed E-state index contributed by atoms with van der Waals surface area (Å²) >= 11 is 7.32. The summed E-state index contributed by atoms with van der Waals surface area (Å²) in [6, 6.07) is 12.3. The number of nitrogens with zero attached hydrogens (tertiary/aromatic N) is 1. The number of carbonyl (C=O) groups is 1. The van der Waals surface area contributed by atoms with Crippen LogP contribution < -0.4 is 10.2 Å². The minimum Gasteiger partial charge on any atom is -0.504 e. The molecule has 0 aliphatic rings. The van der Waals surface area contributed by atoms with Crippen molar-refractivity contribution < 1.29 is 14.6 Å². The number of rotatable bonds is 7. The predicted molar refractivity (Wildman–Crippen MR) is 98.0 cm³/mol. The molecule has 2 aromatic rings. The van der Waals surface area contributed by atoms with E-state index in [-0.39, 0.29) is 11.7 Å². The van der Waals surface area contributed by atoms with Gasteiger partial charge in [0.1, 0.15) is 0 Å². The van der Waals surface area contributed by atoms with Gasteiger partial charge in [0.2, 0.25) is 5.91 Å². The summed E-state index contributed by atoms with van der Waals surface area (Å²) in [5, 5.41) is 14.1. The Morgan fingerprint density at radius 1 is 1.33 bits per heavy atom. The lowest BCUT2D eigenvalue weighted by Crippen LogP contribution is -2.19. The number of amides is 1. The first kappa shape index (κ1) is 18.2. The third kappa shape index (κ3) is 5.79. The van der Waals surface area contributed by atoms with Gasteiger partial charge in [-0.25, -0.2) is 5.43 Å². The summed E-state index contributed by atoms with van der Waals surface area (Å²) < 4.78 is 5.00. The molecule has 0 spiro atoms. The summed E-state index contributed by atoms with van der Waals surface area (Å²) in [5.74, 6) is 1.25. The first-order valence-corrected chi connectivity index (χ1v) is 8.63. The van der Waals surface area contributed by atoms with Gasteiger partial charge in [-0.1, -0.05) is 23.7 Å². The third-order valence-corrected chi connectivity index (χ3v) is 4.28. The fourth-order valence-corrected chi connectivity index (χ4v) is 2.73. The molecule has 0 aromatic heterocycles. The van der Waals surface area contributed by atoms with Crippen molar-refractivity contribution in [1.82, 2.24) is 5.43 Å². The summed E-state index contributed by atoms with van der Waals surface area (Å²) in [4.78, 5) is 11.7. The van der Waals surface area contributed by atoms with Crippen LogP contribution in [0.4, 0.5) is 0 Å². The Kier molecular flexibility index (Phi) is 6.96. The number of ether oxygens (including phenoxy) is 1. The highest BCUT2D eigenvalue weighted by Crippen LogP contribution is 2.25. The summed E-state index contributed by atoms with van der Waals surface area (Å²) in [5.41, 5.74) is 4.28. The molecule has 0 bridgehead atoms. The maximum absolute atomic E-state index is 11.7. The molecule has 0 aliphatic heterocycles. The Bertz CT molecular complexity index is 720. The fraction of sp³-hybridized carbons (Fsp3) is 0.176. The molecule has 0 saturated heterocycles. The lowest BCUT2D eigenvalue weighted by molar-refractivity contribution is -0.118.